The van der Waals surface area contributed by atoms with Crippen molar-refractivity contribution in [1.29, 1.82) is 5.26 Å². The van der Waals surface area contributed by atoms with Crippen LogP contribution in [0, 0.1) is 11.3 Å². The quantitative estimate of drug-likeness (QED) is 0.723. The Morgan fingerprint density at radius 3 is 3.13 bits per heavy atom. The van der Waals surface area contributed by atoms with Gasteiger partial charge in [0.05, 0.1) is 6.33 Å². The highest BCUT2D eigenvalue weighted by Gasteiger charge is 2.12. The number of H-pyrrole nitrogens is 1. The molecular weight excluding hydrogens is 196 g/mol. The van der Waals surface area contributed by atoms with E-state index in [0.29, 0.717) is 11.2 Å². The van der Waals surface area contributed by atoms with Crippen LogP contribution >= 0.6 is 0 Å². The summed E-state index contributed by atoms with van der Waals surface area (Å²) in [4.78, 5) is 14.6. The van der Waals surface area contributed by atoms with Crippen molar-refractivity contribution in [1.82, 2.24) is 19.9 Å². The fraction of sp³-hybridized carbons (Fsp3) is 0.250. The maximum absolute atomic E-state index is 8.61. The molecule has 0 fully saturated rings. The first kappa shape index (κ1) is 9.21. The van der Waals surface area contributed by atoms with Gasteiger partial charge in [0, 0.05) is 0 Å². The van der Waals surface area contributed by atoms with Crippen LogP contribution in [0.5, 0.6) is 5.88 Å². The summed E-state index contributed by atoms with van der Waals surface area (Å²) in [5.41, 5.74) is 6.42. The standard InChI is InChI=1S/C8H8N6O/c1-4(2-9)15-7-5-6(12-3-11-5)13-8(10)14-7/h3-4H,1H3,(H3,10,11,12,13,14). The smallest absolute Gasteiger partial charge is 0.248 e. The van der Waals surface area contributed by atoms with E-state index in [1.807, 2.05) is 6.07 Å². The fourth-order valence-corrected chi connectivity index (χ4v) is 1.10. The van der Waals surface area contributed by atoms with Crippen LogP contribution in [0.15, 0.2) is 6.33 Å². The summed E-state index contributed by atoms with van der Waals surface area (Å²) in [5, 5.41) is 8.61. The first-order chi connectivity index (χ1) is 7.20. The van der Waals surface area contributed by atoms with Gasteiger partial charge in [-0.3, -0.25) is 0 Å². The Balaban J connectivity index is 2.49. The van der Waals surface area contributed by atoms with Gasteiger partial charge in [0.2, 0.25) is 11.8 Å². The van der Waals surface area contributed by atoms with E-state index in [9.17, 15) is 0 Å². The van der Waals surface area contributed by atoms with E-state index >= 15 is 0 Å². The number of rotatable bonds is 2. The molecule has 2 rings (SSSR count). The number of nitrogen functional groups attached to an aromatic ring is 1. The highest BCUT2D eigenvalue weighted by molar-refractivity contribution is 5.76. The monoisotopic (exact) mass is 204 g/mol. The third kappa shape index (κ3) is 1.65. The Labute approximate surface area is 84.9 Å². The number of anilines is 1. The molecule has 2 aromatic heterocycles. The van der Waals surface area contributed by atoms with E-state index in [1.54, 1.807) is 6.92 Å². The Kier molecular flexibility index (Phi) is 2.10. The maximum atomic E-state index is 8.61. The number of fused-ring (bicyclic) bond motifs is 1. The van der Waals surface area contributed by atoms with Gasteiger partial charge < -0.3 is 15.5 Å². The number of nitriles is 1. The summed E-state index contributed by atoms with van der Waals surface area (Å²) in [6, 6.07) is 1.93. The summed E-state index contributed by atoms with van der Waals surface area (Å²) < 4.78 is 5.24. The summed E-state index contributed by atoms with van der Waals surface area (Å²) in [6.07, 6.45) is 0.849. The Bertz CT molecular complexity index is 527. The van der Waals surface area contributed by atoms with Crippen LogP contribution in [0.2, 0.25) is 0 Å². The lowest BCUT2D eigenvalue weighted by Gasteiger charge is -2.06. The number of aromatic nitrogens is 4. The van der Waals surface area contributed by atoms with Crippen LogP contribution in [-0.4, -0.2) is 26.0 Å². The second-order valence-corrected chi connectivity index (χ2v) is 2.88. The zero-order chi connectivity index (χ0) is 10.8. The lowest BCUT2D eigenvalue weighted by Crippen LogP contribution is -2.11. The fourth-order valence-electron chi connectivity index (χ4n) is 1.10. The van der Waals surface area contributed by atoms with Crippen molar-refractivity contribution in [2.45, 2.75) is 13.0 Å². The van der Waals surface area contributed by atoms with Gasteiger partial charge >= 0.3 is 0 Å². The van der Waals surface area contributed by atoms with Gasteiger partial charge in [-0.1, -0.05) is 0 Å². The minimum absolute atomic E-state index is 0.0758. The van der Waals surface area contributed by atoms with Crippen LogP contribution in [0.4, 0.5) is 5.95 Å². The zero-order valence-electron chi connectivity index (χ0n) is 7.93. The van der Waals surface area contributed by atoms with E-state index in [2.05, 4.69) is 19.9 Å². The van der Waals surface area contributed by atoms with Gasteiger partial charge in [-0.15, -0.1) is 0 Å². The van der Waals surface area contributed by atoms with E-state index in [1.165, 1.54) is 6.33 Å². The van der Waals surface area contributed by atoms with Crippen LogP contribution < -0.4 is 10.5 Å². The molecule has 0 saturated heterocycles. The van der Waals surface area contributed by atoms with E-state index in [-0.39, 0.29) is 11.8 Å². The summed E-state index contributed by atoms with van der Waals surface area (Å²) in [7, 11) is 0. The van der Waals surface area contributed by atoms with Crippen LogP contribution in [0.3, 0.4) is 0 Å². The van der Waals surface area contributed by atoms with Gasteiger partial charge in [0.15, 0.2) is 17.3 Å². The van der Waals surface area contributed by atoms with Crippen LogP contribution in [-0.2, 0) is 0 Å². The molecule has 0 aliphatic carbocycles. The molecule has 0 amide bonds. The normalized spacial score (nSPS) is 12.3. The Morgan fingerprint density at radius 2 is 2.40 bits per heavy atom. The molecule has 0 bridgehead atoms. The second-order valence-electron chi connectivity index (χ2n) is 2.88. The predicted octanol–water partition coefficient (Wildman–Crippen LogP) is 0.226. The van der Waals surface area contributed by atoms with Crippen molar-refractivity contribution < 1.29 is 4.74 Å². The topological polar surface area (TPSA) is 113 Å². The number of aromatic amines is 1. The van der Waals surface area contributed by atoms with Crippen molar-refractivity contribution in [2.75, 3.05) is 5.73 Å². The van der Waals surface area contributed by atoms with Crippen LogP contribution in [0.1, 0.15) is 6.92 Å². The van der Waals surface area contributed by atoms with Gasteiger partial charge in [-0.2, -0.15) is 15.2 Å². The molecule has 0 aromatic carbocycles. The molecule has 0 saturated carbocycles. The van der Waals surface area contributed by atoms with E-state index < -0.39 is 6.10 Å². The lowest BCUT2D eigenvalue weighted by atomic mass is 10.4. The number of ether oxygens (including phenoxy) is 1. The number of hydrogen-bond acceptors (Lipinski definition) is 6. The minimum atomic E-state index is -0.612. The molecule has 15 heavy (non-hydrogen) atoms. The van der Waals surface area contributed by atoms with E-state index in [0.717, 1.165) is 0 Å². The third-order valence-electron chi connectivity index (χ3n) is 1.73. The highest BCUT2D eigenvalue weighted by atomic mass is 16.5. The minimum Gasteiger partial charge on any atom is -0.458 e. The summed E-state index contributed by atoms with van der Waals surface area (Å²) >= 11 is 0. The van der Waals surface area contributed by atoms with Crippen molar-refractivity contribution in [2.24, 2.45) is 0 Å². The highest BCUT2D eigenvalue weighted by Crippen LogP contribution is 2.20. The first-order valence-electron chi connectivity index (χ1n) is 4.23. The lowest BCUT2D eigenvalue weighted by molar-refractivity contribution is 0.269. The molecule has 2 aromatic rings. The van der Waals surface area contributed by atoms with Gasteiger partial charge in [0.1, 0.15) is 6.07 Å². The van der Waals surface area contributed by atoms with Crippen LogP contribution in [0.25, 0.3) is 11.2 Å². The van der Waals surface area contributed by atoms with Gasteiger partial charge in [-0.05, 0) is 6.92 Å². The van der Waals surface area contributed by atoms with Crippen molar-refractivity contribution in [3.63, 3.8) is 0 Å². The van der Waals surface area contributed by atoms with Crippen molar-refractivity contribution in [3.05, 3.63) is 6.33 Å². The molecule has 76 valence electrons. The first-order valence-corrected chi connectivity index (χ1v) is 4.23. The zero-order valence-corrected chi connectivity index (χ0v) is 7.93. The molecule has 0 radical (unpaired) electrons. The third-order valence-corrected chi connectivity index (χ3v) is 1.73. The average molecular weight is 204 g/mol. The molecule has 0 aliphatic rings. The molecule has 2 heterocycles. The average Bonchev–Trinajstić information content (AvgIpc) is 2.65. The molecular formula is C8H8N6O. The molecule has 3 N–H and O–H groups in total. The molecule has 1 unspecified atom stereocenters. The largest absolute Gasteiger partial charge is 0.458 e. The number of nitrogens with zero attached hydrogens (tertiary/aromatic N) is 4. The molecule has 0 spiro atoms. The maximum Gasteiger partial charge on any atom is 0.248 e. The Morgan fingerprint density at radius 1 is 1.60 bits per heavy atom. The van der Waals surface area contributed by atoms with Gasteiger partial charge in [0.25, 0.3) is 0 Å². The molecule has 0 aliphatic heterocycles. The second kappa shape index (κ2) is 3.42. The SMILES string of the molecule is CC(C#N)Oc1nc(N)nc2[nH]cnc12. The Hall–Kier alpha value is -2.36. The molecule has 7 heteroatoms. The van der Waals surface area contributed by atoms with Gasteiger partial charge in [-0.25, -0.2) is 4.98 Å². The molecule has 7 nitrogen and oxygen atoms in total. The number of nitrogens with one attached hydrogen (secondary N) is 1. The predicted molar refractivity (Wildman–Crippen MR) is 51.8 cm³/mol. The number of imidazole rings is 1. The van der Waals surface area contributed by atoms with Crippen molar-refractivity contribution >= 4 is 17.1 Å². The summed E-state index contributed by atoms with van der Waals surface area (Å²) in [6.45, 7) is 1.61. The summed E-state index contributed by atoms with van der Waals surface area (Å²) in [5.74, 6) is 0.291. The molecule has 1 atom stereocenters. The van der Waals surface area contributed by atoms with Crippen molar-refractivity contribution in [3.8, 4) is 11.9 Å². The number of nitrogens with two attached hydrogens (primary N) is 1. The van der Waals surface area contributed by atoms with E-state index in [4.69, 9.17) is 15.7 Å². The number of hydrogen-bond donors (Lipinski definition) is 2.